The number of ether oxygens (including phenoxy) is 4. The van der Waals surface area contributed by atoms with Gasteiger partial charge in [-0.15, -0.1) is 0 Å². The average Bonchev–Trinajstić information content (AvgIpc) is 2.72. The van der Waals surface area contributed by atoms with Crippen LogP contribution in [0.3, 0.4) is 0 Å². The van der Waals surface area contributed by atoms with Gasteiger partial charge < -0.3 is 29.2 Å². The Morgan fingerprint density at radius 1 is 0.929 bits per heavy atom. The van der Waals surface area contributed by atoms with Crippen LogP contribution in [0.1, 0.15) is 11.6 Å². The van der Waals surface area contributed by atoms with E-state index in [1.54, 1.807) is 33.5 Å². The van der Waals surface area contributed by atoms with Crippen LogP contribution in [-0.4, -0.2) is 54.5 Å². The summed E-state index contributed by atoms with van der Waals surface area (Å²) >= 11 is 0. The number of benzene rings is 2. The van der Waals surface area contributed by atoms with E-state index in [1.165, 1.54) is 4.90 Å². The third kappa shape index (κ3) is 5.53. The normalized spacial score (nSPS) is 11.6. The Bertz CT molecular complexity index is 779. The van der Waals surface area contributed by atoms with Crippen molar-refractivity contribution in [3.05, 3.63) is 48.0 Å². The second-order valence-corrected chi connectivity index (χ2v) is 6.49. The number of methoxy groups -OCH3 is 3. The molecule has 2 rings (SSSR count). The molecule has 7 nitrogen and oxygen atoms in total. The summed E-state index contributed by atoms with van der Waals surface area (Å²) in [4.78, 5) is 13.4. The number of nitrogens with one attached hydrogen (secondary N) is 2. The van der Waals surface area contributed by atoms with Crippen molar-refractivity contribution in [3.8, 4) is 23.0 Å². The second-order valence-electron chi connectivity index (χ2n) is 6.49. The molecule has 2 aromatic carbocycles. The van der Waals surface area contributed by atoms with Gasteiger partial charge in [0.1, 0.15) is 6.04 Å². The minimum Gasteiger partial charge on any atom is -0.493 e. The van der Waals surface area contributed by atoms with E-state index in [9.17, 15) is 4.79 Å². The quantitative estimate of drug-likeness (QED) is 0.637. The lowest BCUT2D eigenvalue weighted by Crippen LogP contribution is -3.07. The SMILES string of the molecule is COc1ccc([C@H](CNC(=O)COc2ccccc2OC)[NH+](C)C)cc1OC. The molecule has 0 aliphatic rings. The van der Waals surface area contributed by atoms with E-state index < -0.39 is 0 Å². The first-order valence-electron chi connectivity index (χ1n) is 9.04. The van der Waals surface area contributed by atoms with Crippen molar-refractivity contribution in [1.29, 1.82) is 0 Å². The van der Waals surface area contributed by atoms with Crippen LogP contribution in [0.15, 0.2) is 42.5 Å². The molecular weight excluding hydrogens is 360 g/mol. The Morgan fingerprint density at radius 2 is 1.54 bits per heavy atom. The van der Waals surface area contributed by atoms with Gasteiger partial charge in [-0.1, -0.05) is 12.1 Å². The minimum atomic E-state index is -0.197. The van der Waals surface area contributed by atoms with Crippen molar-refractivity contribution in [2.45, 2.75) is 6.04 Å². The molecule has 0 aromatic heterocycles. The number of amides is 1. The molecule has 0 fully saturated rings. The predicted octanol–water partition coefficient (Wildman–Crippen LogP) is 1.09. The van der Waals surface area contributed by atoms with E-state index in [0.717, 1.165) is 5.56 Å². The Hall–Kier alpha value is -2.93. The highest BCUT2D eigenvalue weighted by Crippen LogP contribution is 2.29. The van der Waals surface area contributed by atoms with Crippen LogP contribution in [0, 0.1) is 0 Å². The fourth-order valence-corrected chi connectivity index (χ4v) is 2.87. The van der Waals surface area contributed by atoms with Gasteiger partial charge in [0.25, 0.3) is 5.91 Å². The van der Waals surface area contributed by atoms with Crippen LogP contribution in [-0.2, 0) is 4.79 Å². The summed E-state index contributed by atoms with van der Waals surface area (Å²) < 4.78 is 21.5. The van der Waals surface area contributed by atoms with E-state index in [-0.39, 0.29) is 18.6 Å². The van der Waals surface area contributed by atoms with Crippen LogP contribution in [0.25, 0.3) is 0 Å². The monoisotopic (exact) mass is 389 g/mol. The molecular formula is C21H29N2O5+. The smallest absolute Gasteiger partial charge is 0.258 e. The molecule has 0 bridgehead atoms. The van der Waals surface area contributed by atoms with Gasteiger partial charge in [0.05, 0.1) is 42.0 Å². The van der Waals surface area contributed by atoms with E-state index in [1.807, 2.05) is 44.4 Å². The number of para-hydroxylation sites is 2. The minimum absolute atomic E-state index is 0.0509. The maximum atomic E-state index is 12.3. The first-order chi connectivity index (χ1) is 13.5. The lowest BCUT2D eigenvalue weighted by Gasteiger charge is -2.23. The summed E-state index contributed by atoms with van der Waals surface area (Å²) in [5.74, 6) is 2.27. The number of hydrogen-bond donors (Lipinski definition) is 2. The molecule has 0 saturated heterocycles. The van der Waals surface area contributed by atoms with E-state index in [4.69, 9.17) is 18.9 Å². The van der Waals surface area contributed by atoms with Crippen molar-refractivity contribution in [3.63, 3.8) is 0 Å². The molecule has 0 spiro atoms. The second kappa shape index (κ2) is 10.4. The van der Waals surface area contributed by atoms with Gasteiger partial charge in [-0.3, -0.25) is 4.79 Å². The van der Waals surface area contributed by atoms with E-state index in [0.29, 0.717) is 29.5 Å². The van der Waals surface area contributed by atoms with Gasteiger partial charge in [0.2, 0.25) is 0 Å². The number of quaternary nitrogens is 1. The van der Waals surface area contributed by atoms with Crippen molar-refractivity contribution < 1.29 is 28.6 Å². The van der Waals surface area contributed by atoms with Gasteiger partial charge in [-0.05, 0) is 30.3 Å². The van der Waals surface area contributed by atoms with Crippen molar-refractivity contribution in [2.24, 2.45) is 0 Å². The maximum absolute atomic E-state index is 12.3. The fraction of sp³-hybridized carbons (Fsp3) is 0.381. The van der Waals surface area contributed by atoms with Gasteiger partial charge in [-0.2, -0.15) is 0 Å². The van der Waals surface area contributed by atoms with Gasteiger partial charge in [-0.25, -0.2) is 0 Å². The molecule has 152 valence electrons. The predicted molar refractivity (Wildman–Crippen MR) is 107 cm³/mol. The first-order valence-corrected chi connectivity index (χ1v) is 9.04. The van der Waals surface area contributed by atoms with E-state index >= 15 is 0 Å². The van der Waals surface area contributed by atoms with Crippen LogP contribution in [0.5, 0.6) is 23.0 Å². The van der Waals surface area contributed by atoms with Crippen molar-refractivity contribution >= 4 is 5.91 Å². The summed E-state index contributed by atoms with van der Waals surface area (Å²) in [7, 11) is 8.86. The Labute approximate surface area is 166 Å². The Balaban J connectivity index is 1.98. The van der Waals surface area contributed by atoms with Gasteiger partial charge in [0, 0.05) is 5.56 Å². The molecule has 2 N–H and O–H groups in total. The highest BCUT2D eigenvalue weighted by molar-refractivity contribution is 5.77. The lowest BCUT2D eigenvalue weighted by atomic mass is 10.1. The van der Waals surface area contributed by atoms with Crippen LogP contribution in [0.4, 0.5) is 0 Å². The molecule has 0 saturated carbocycles. The Kier molecular flexibility index (Phi) is 7.95. The fourth-order valence-electron chi connectivity index (χ4n) is 2.87. The molecule has 7 heteroatoms. The molecule has 0 aliphatic carbocycles. The van der Waals surface area contributed by atoms with Crippen LogP contribution >= 0.6 is 0 Å². The zero-order valence-corrected chi connectivity index (χ0v) is 17.1. The highest BCUT2D eigenvalue weighted by Gasteiger charge is 2.21. The number of carbonyl (C=O) groups excluding carboxylic acids is 1. The summed E-state index contributed by atoms with van der Waals surface area (Å²) in [6.45, 7) is 0.383. The molecule has 0 unspecified atom stereocenters. The molecule has 28 heavy (non-hydrogen) atoms. The first kappa shape index (κ1) is 21.4. The zero-order chi connectivity index (χ0) is 20.5. The largest absolute Gasteiger partial charge is 0.493 e. The topological polar surface area (TPSA) is 70.5 Å². The van der Waals surface area contributed by atoms with Gasteiger partial charge in [0.15, 0.2) is 29.6 Å². The van der Waals surface area contributed by atoms with Gasteiger partial charge >= 0.3 is 0 Å². The summed E-state index contributed by atoms with van der Waals surface area (Å²) in [5.41, 5.74) is 1.04. The number of likely N-dealkylation sites (N-methyl/N-ethyl adjacent to an activating group) is 1. The summed E-state index contributed by atoms with van der Waals surface area (Å²) in [6, 6.07) is 13.1. The highest BCUT2D eigenvalue weighted by atomic mass is 16.5. The van der Waals surface area contributed by atoms with Crippen molar-refractivity contribution in [1.82, 2.24) is 5.32 Å². The van der Waals surface area contributed by atoms with Crippen LogP contribution < -0.4 is 29.2 Å². The molecule has 0 aliphatic heterocycles. The van der Waals surface area contributed by atoms with Crippen molar-refractivity contribution in [2.75, 3.05) is 48.6 Å². The maximum Gasteiger partial charge on any atom is 0.258 e. The molecule has 1 amide bonds. The number of hydrogen-bond acceptors (Lipinski definition) is 5. The summed E-state index contributed by atoms with van der Waals surface area (Å²) in [6.07, 6.45) is 0. The molecule has 1 atom stereocenters. The number of carbonyl (C=O) groups is 1. The lowest BCUT2D eigenvalue weighted by molar-refractivity contribution is -0.890. The van der Waals surface area contributed by atoms with Crippen LogP contribution in [0.2, 0.25) is 0 Å². The third-order valence-electron chi connectivity index (χ3n) is 4.44. The third-order valence-corrected chi connectivity index (χ3v) is 4.44. The number of rotatable bonds is 10. The standard InChI is InChI=1S/C21H28N2O5/c1-23(2)16(15-10-11-18(26-4)20(12-15)27-5)13-22-21(24)14-28-19-9-7-6-8-17(19)25-3/h6-12,16H,13-14H2,1-5H3,(H,22,24)/p+1/t16-/m0/s1. The van der Waals surface area contributed by atoms with E-state index in [2.05, 4.69) is 5.32 Å². The molecule has 2 aromatic rings. The molecule has 0 radical (unpaired) electrons. The Morgan fingerprint density at radius 3 is 2.14 bits per heavy atom. The zero-order valence-electron chi connectivity index (χ0n) is 17.1. The average molecular weight is 389 g/mol. The molecule has 0 heterocycles. The summed E-state index contributed by atoms with van der Waals surface area (Å²) in [5, 5.41) is 2.94.